The van der Waals surface area contributed by atoms with Gasteiger partial charge >= 0.3 is 0 Å². The van der Waals surface area contributed by atoms with Gasteiger partial charge in [-0.3, -0.25) is 4.79 Å². The molecule has 0 radical (unpaired) electrons. The fourth-order valence-corrected chi connectivity index (χ4v) is 3.00. The van der Waals surface area contributed by atoms with Gasteiger partial charge < -0.3 is 19.3 Å². The van der Waals surface area contributed by atoms with E-state index in [9.17, 15) is 4.79 Å². The first-order valence-electron chi connectivity index (χ1n) is 8.75. The minimum Gasteiger partial charge on any atom is -0.497 e. The van der Waals surface area contributed by atoms with Crippen LogP contribution < -0.4 is 4.74 Å². The maximum absolute atomic E-state index is 12.8. The zero-order valence-corrected chi connectivity index (χ0v) is 15.2. The highest BCUT2D eigenvalue weighted by atomic mass is 16.5. The second kappa shape index (κ2) is 9.64. The predicted molar refractivity (Wildman–Crippen MR) is 95.4 cm³/mol. The van der Waals surface area contributed by atoms with Crippen molar-refractivity contribution in [3.05, 3.63) is 29.8 Å². The summed E-state index contributed by atoms with van der Waals surface area (Å²) in [5.74, 6) is 1.10. The molecular formula is C19H30N2O3. The van der Waals surface area contributed by atoms with Crippen LogP contribution in [-0.2, 0) is 16.0 Å². The number of methoxy groups -OCH3 is 1. The Labute approximate surface area is 145 Å². The van der Waals surface area contributed by atoms with E-state index >= 15 is 0 Å². The van der Waals surface area contributed by atoms with E-state index in [-0.39, 0.29) is 5.91 Å². The molecule has 24 heavy (non-hydrogen) atoms. The van der Waals surface area contributed by atoms with E-state index in [1.807, 2.05) is 38.4 Å². The Bertz CT molecular complexity index is 496. The quantitative estimate of drug-likeness (QED) is 0.731. The number of amides is 1. The van der Waals surface area contributed by atoms with E-state index < -0.39 is 0 Å². The van der Waals surface area contributed by atoms with E-state index in [1.54, 1.807) is 7.11 Å². The SMILES string of the molecule is COc1ccc(CCC(=O)N(CCN(C)C)C2CCOCC2)cc1. The van der Waals surface area contributed by atoms with Crippen molar-refractivity contribution in [1.29, 1.82) is 0 Å². The third-order valence-corrected chi connectivity index (χ3v) is 4.53. The lowest BCUT2D eigenvalue weighted by Crippen LogP contribution is -2.46. The Morgan fingerprint density at radius 2 is 1.83 bits per heavy atom. The summed E-state index contributed by atoms with van der Waals surface area (Å²) in [5.41, 5.74) is 1.17. The van der Waals surface area contributed by atoms with Gasteiger partial charge in [0.2, 0.25) is 5.91 Å². The second-order valence-electron chi connectivity index (χ2n) is 6.58. The number of hydrogen-bond acceptors (Lipinski definition) is 4. The summed E-state index contributed by atoms with van der Waals surface area (Å²) in [5, 5.41) is 0. The number of nitrogens with zero attached hydrogens (tertiary/aromatic N) is 2. The van der Waals surface area contributed by atoms with Crippen molar-refractivity contribution in [2.45, 2.75) is 31.7 Å². The molecule has 1 aliphatic rings. The fourth-order valence-electron chi connectivity index (χ4n) is 3.00. The van der Waals surface area contributed by atoms with Gasteiger partial charge in [0.25, 0.3) is 0 Å². The van der Waals surface area contributed by atoms with Crippen LogP contribution in [0.2, 0.25) is 0 Å². The Kier molecular flexibility index (Phi) is 7.53. The van der Waals surface area contributed by atoms with Crippen molar-refractivity contribution in [3.63, 3.8) is 0 Å². The number of carbonyl (C=O) groups is 1. The average molecular weight is 334 g/mol. The highest BCUT2D eigenvalue weighted by molar-refractivity contribution is 5.76. The van der Waals surface area contributed by atoms with E-state index in [0.717, 1.165) is 51.3 Å². The third kappa shape index (κ3) is 5.80. The third-order valence-electron chi connectivity index (χ3n) is 4.53. The number of carbonyl (C=O) groups excluding carboxylic acids is 1. The van der Waals surface area contributed by atoms with Crippen molar-refractivity contribution in [2.75, 3.05) is 47.5 Å². The molecule has 134 valence electrons. The van der Waals surface area contributed by atoms with Crippen molar-refractivity contribution < 1.29 is 14.3 Å². The average Bonchev–Trinajstić information content (AvgIpc) is 2.61. The van der Waals surface area contributed by atoms with Gasteiger partial charge in [0.15, 0.2) is 0 Å². The lowest BCUT2D eigenvalue weighted by molar-refractivity contribution is -0.135. The standard InChI is InChI=1S/C19H30N2O3/c1-20(2)12-13-21(17-10-14-24-15-11-17)19(22)9-6-16-4-7-18(23-3)8-5-16/h4-5,7-8,17H,6,9-15H2,1-3H3. The molecule has 0 bridgehead atoms. The Hall–Kier alpha value is -1.59. The normalized spacial score (nSPS) is 15.5. The van der Waals surface area contributed by atoms with Crippen LogP contribution in [0.1, 0.15) is 24.8 Å². The van der Waals surface area contributed by atoms with Crippen LogP contribution in [0, 0.1) is 0 Å². The van der Waals surface area contributed by atoms with Gasteiger partial charge in [0.05, 0.1) is 7.11 Å². The Morgan fingerprint density at radius 1 is 1.17 bits per heavy atom. The highest BCUT2D eigenvalue weighted by Crippen LogP contribution is 2.17. The van der Waals surface area contributed by atoms with E-state index in [1.165, 1.54) is 5.56 Å². The first kappa shape index (κ1) is 18.7. The number of benzene rings is 1. The molecule has 0 saturated carbocycles. The fraction of sp³-hybridized carbons (Fsp3) is 0.632. The smallest absolute Gasteiger partial charge is 0.223 e. The van der Waals surface area contributed by atoms with Gasteiger partial charge in [-0.2, -0.15) is 0 Å². The summed E-state index contributed by atoms with van der Waals surface area (Å²) in [6.45, 7) is 3.20. The van der Waals surface area contributed by atoms with Crippen molar-refractivity contribution in [2.24, 2.45) is 0 Å². The molecule has 5 nitrogen and oxygen atoms in total. The molecule has 5 heteroatoms. The molecule has 2 rings (SSSR count). The van der Waals surface area contributed by atoms with E-state index in [2.05, 4.69) is 9.80 Å². The largest absolute Gasteiger partial charge is 0.497 e. The first-order chi connectivity index (χ1) is 11.6. The van der Waals surface area contributed by atoms with Crippen molar-refractivity contribution in [3.8, 4) is 5.75 Å². The molecule has 1 fully saturated rings. The molecule has 0 spiro atoms. The van der Waals surface area contributed by atoms with Gasteiger partial charge in [-0.15, -0.1) is 0 Å². The van der Waals surface area contributed by atoms with Crippen LogP contribution in [0.25, 0.3) is 0 Å². The lowest BCUT2D eigenvalue weighted by Gasteiger charge is -2.35. The maximum atomic E-state index is 12.8. The van der Waals surface area contributed by atoms with Crippen LogP contribution in [0.3, 0.4) is 0 Å². The molecular weight excluding hydrogens is 304 g/mol. The van der Waals surface area contributed by atoms with Gasteiger partial charge in [0, 0.05) is 38.8 Å². The first-order valence-corrected chi connectivity index (χ1v) is 8.75. The minimum absolute atomic E-state index is 0.250. The minimum atomic E-state index is 0.250. The molecule has 1 aliphatic heterocycles. The number of rotatable bonds is 8. The summed E-state index contributed by atoms with van der Waals surface area (Å²) in [7, 11) is 5.75. The number of ether oxygens (including phenoxy) is 2. The van der Waals surface area contributed by atoms with Gasteiger partial charge in [-0.1, -0.05) is 12.1 Å². The number of aryl methyl sites for hydroxylation is 1. The molecule has 0 aliphatic carbocycles. The molecule has 0 unspecified atom stereocenters. The maximum Gasteiger partial charge on any atom is 0.223 e. The Morgan fingerprint density at radius 3 is 2.42 bits per heavy atom. The van der Waals surface area contributed by atoms with Crippen LogP contribution >= 0.6 is 0 Å². The van der Waals surface area contributed by atoms with E-state index in [0.29, 0.717) is 12.5 Å². The molecule has 1 aromatic rings. The number of likely N-dealkylation sites (N-methyl/N-ethyl adjacent to an activating group) is 1. The van der Waals surface area contributed by atoms with Crippen LogP contribution in [0.15, 0.2) is 24.3 Å². The summed E-state index contributed by atoms with van der Waals surface area (Å²) < 4.78 is 10.6. The second-order valence-corrected chi connectivity index (χ2v) is 6.58. The van der Waals surface area contributed by atoms with Crippen molar-refractivity contribution in [1.82, 2.24) is 9.80 Å². The molecule has 1 amide bonds. The molecule has 0 atom stereocenters. The molecule has 0 N–H and O–H groups in total. The Balaban J connectivity index is 1.92. The molecule has 1 saturated heterocycles. The van der Waals surface area contributed by atoms with Gasteiger partial charge in [0.1, 0.15) is 5.75 Å². The summed E-state index contributed by atoms with van der Waals surface area (Å²) in [4.78, 5) is 17.0. The van der Waals surface area contributed by atoms with Gasteiger partial charge in [-0.05, 0) is 51.1 Å². The molecule has 0 aromatic heterocycles. The summed E-state index contributed by atoms with van der Waals surface area (Å²) >= 11 is 0. The van der Waals surface area contributed by atoms with Crippen LogP contribution in [0.5, 0.6) is 5.75 Å². The zero-order chi connectivity index (χ0) is 17.4. The topological polar surface area (TPSA) is 42.0 Å². The molecule has 1 aromatic carbocycles. The van der Waals surface area contributed by atoms with Gasteiger partial charge in [-0.25, -0.2) is 0 Å². The monoisotopic (exact) mass is 334 g/mol. The van der Waals surface area contributed by atoms with Crippen LogP contribution in [-0.4, -0.2) is 69.3 Å². The molecule has 1 heterocycles. The van der Waals surface area contributed by atoms with Crippen LogP contribution in [0.4, 0.5) is 0 Å². The van der Waals surface area contributed by atoms with Crippen molar-refractivity contribution >= 4 is 5.91 Å². The summed E-state index contributed by atoms with van der Waals surface area (Å²) in [6, 6.07) is 8.28. The number of hydrogen-bond donors (Lipinski definition) is 0. The zero-order valence-electron chi connectivity index (χ0n) is 15.2. The van der Waals surface area contributed by atoms with E-state index in [4.69, 9.17) is 9.47 Å². The lowest BCUT2D eigenvalue weighted by atomic mass is 10.0. The highest BCUT2D eigenvalue weighted by Gasteiger charge is 2.25. The summed E-state index contributed by atoms with van der Waals surface area (Å²) in [6.07, 6.45) is 3.21. The predicted octanol–water partition coefficient (Wildman–Crippen LogP) is 2.20.